The Morgan fingerprint density at radius 3 is 2.65 bits per heavy atom. The second-order valence-electron chi connectivity index (χ2n) is 4.26. The molecule has 1 N–H and O–H groups in total. The highest BCUT2D eigenvalue weighted by atomic mass is 79.9. The highest BCUT2D eigenvalue weighted by Crippen LogP contribution is 2.22. The third-order valence-corrected chi connectivity index (χ3v) is 3.35. The highest BCUT2D eigenvalue weighted by Gasteiger charge is 2.13. The monoisotopic (exact) mass is 337 g/mol. The largest absolute Gasteiger partial charge is 0.497 e. The Balaban J connectivity index is 2.25. The first-order chi connectivity index (χ1) is 9.51. The summed E-state index contributed by atoms with van der Waals surface area (Å²) in [5.41, 5.74) is 1.46. The van der Waals surface area contributed by atoms with Gasteiger partial charge in [0.15, 0.2) is 0 Å². The van der Waals surface area contributed by atoms with E-state index in [0.717, 1.165) is 5.56 Å². The third kappa shape index (κ3) is 3.17. The topological polar surface area (TPSA) is 38.3 Å². The summed E-state index contributed by atoms with van der Waals surface area (Å²) in [6.07, 6.45) is 0. The molecule has 20 heavy (non-hydrogen) atoms. The van der Waals surface area contributed by atoms with Crippen molar-refractivity contribution >= 4 is 27.5 Å². The normalized spacial score (nSPS) is 10.2. The molecule has 0 spiro atoms. The molecule has 0 bridgehead atoms. The van der Waals surface area contributed by atoms with Crippen LogP contribution in [0.25, 0.3) is 0 Å². The van der Waals surface area contributed by atoms with Crippen LogP contribution in [0.15, 0.2) is 40.9 Å². The molecule has 0 unspecified atom stereocenters. The standard InChI is InChI=1S/C15H13BrFNO2/c1-9-7-11(20-2)4-6-14(9)18-15(19)12-8-10(16)3-5-13(12)17/h3-8H,1-2H3,(H,18,19). The van der Waals surface area contributed by atoms with Crippen molar-refractivity contribution in [2.75, 3.05) is 12.4 Å². The van der Waals surface area contributed by atoms with Crippen LogP contribution >= 0.6 is 15.9 Å². The molecule has 2 aromatic carbocycles. The molecular weight excluding hydrogens is 325 g/mol. The smallest absolute Gasteiger partial charge is 0.258 e. The van der Waals surface area contributed by atoms with E-state index in [9.17, 15) is 9.18 Å². The van der Waals surface area contributed by atoms with E-state index < -0.39 is 11.7 Å². The molecule has 104 valence electrons. The molecule has 5 heteroatoms. The summed E-state index contributed by atoms with van der Waals surface area (Å²) in [7, 11) is 1.57. The van der Waals surface area contributed by atoms with Gasteiger partial charge < -0.3 is 10.1 Å². The summed E-state index contributed by atoms with van der Waals surface area (Å²) < 4.78 is 19.4. The van der Waals surface area contributed by atoms with Crippen LogP contribution in [0.3, 0.4) is 0 Å². The molecule has 2 rings (SSSR count). The van der Waals surface area contributed by atoms with Gasteiger partial charge in [0.05, 0.1) is 12.7 Å². The Bertz CT molecular complexity index is 658. The molecule has 1 amide bonds. The third-order valence-electron chi connectivity index (χ3n) is 2.85. The van der Waals surface area contributed by atoms with Crippen LogP contribution in [-0.2, 0) is 0 Å². The highest BCUT2D eigenvalue weighted by molar-refractivity contribution is 9.10. The summed E-state index contributed by atoms with van der Waals surface area (Å²) >= 11 is 3.22. The zero-order valence-corrected chi connectivity index (χ0v) is 12.6. The van der Waals surface area contributed by atoms with Gasteiger partial charge >= 0.3 is 0 Å². The van der Waals surface area contributed by atoms with Gasteiger partial charge in [-0.2, -0.15) is 0 Å². The Labute approximate surface area is 124 Å². The maximum absolute atomic E-state index is 13.6. The van der Waals surface area contributed by atoms with Crippen LogP contribution < -0.4 is 10.1 Å². The van der Waals surface area contributed by atoms with Crippen LogP contribution in [0.4, 0.5) is 10.1 Å². The van der Waals surface area contributed by atoms with E-state index in [4.69, 9.17) is 4.74 Å². The lowest BCUT2D eigenvalue weighted by Crippen LogP contribution is -2.14. The quantitative estimate of drug-likeness (QED) is 0.913. The molecule has 0 heterocycles. The fourth-order valence-electron chi connectivity index (χ4n) is 1.76. The number of aryl methyl sites for hydroxylation is 1. The minimum absolute atomic E-state index is 0.00501. The summed E-state index contributed by atoms with van der Waals surface area (Å²) in [4.78, 5) is 12.1. The minimum atomic E-state index is -0.558. The van der Waals surface area contributed by atoms with E-state index in [2.05, 4.69) is 21.2 Å². The molecular formula is C15H13BrFNO2. The van der Waals surface area contributed by atoms with Crippen LogP contribution in [-0.4, -0.2) is 13.0 Å². The van der Waals surface area contributed by atoms with Gasteiger partial charge in [-0.15, -0.1) is 0 Å². The van der Waals surface area contributed by atoms with Crippen molar-refractivity contribution < 1.29 is 13.9 Å². The molecule has 0 aliphatic carbocycles. The summed E-state index contributed by atoms with van der Waals surface area (Å²) in [6.45, 7) is 1.84. The zero-order valence-electron chi connectivity index (χ0n) is 11.0. The number of benzene rings is 2. The number of rotatable bonds is 3. The van der Waals surface area contributed by atoms with Crippen LogP contribution in [0, 0.1) is 12.7 Å². The predicted molar refractivity (Wildman–Crippen MR) is 79.8 cm³/mol. The Kier molecular flexibility index (Phi) is 4.39. The van der Waals surface area contributed by atoms with Crippen molar-refractivity contribution in [1.82, 2.24) is 0 Å². The number of halogens is 2. The first kappa shape index (κ1) is 14.5. The molecule has 3 nitrogen and oxygen atoms in total. The lowest BCUT2D eigenvalue weighted by molar-refractivity contribution is 0.102. The zero-order chi connectivity index (χ0) is 14.7. The first-order valence-corrected chi connectivity index (χ1v) is 6.71. The Morgan fingerprint density at radius 1 is 1.25 bits per heavy atom. The van der Waals surface area contributed by atoms with E-state index in [-0.39, 0.29) is 5.56 Å². The number of carbonyl (C=O) groups is 1. The molecule has 0 aliphatic rings. The van der Waals surface area contributed by atoms with Gasteiger partial charge in [-0.1, -0.05) is 15.9 Å². The van der Waals surface area contributed by atoms with E-state index in [1.54, 1.807) is 31.4 Å². The number of hydrogen-bond acceptors (Lipinski definition) is 2. The second kappa shape index (κ2) is 6.05. The lowest BCUT2D eigenvalue weighted by atomic mass is 10.1. The van der Waals surface area contributed by atoms with Gasteiger partial charge in [-0.25, -0.2) is 4.39 Å². The first-order valence-electron chi connectivity index (χ1n) is 5.92. The SMILES string of the molecule is COc1ccc(NC(=O)c2cc(Br)ccc2F)c(C)c1. The number of ether oxygens (including phenoxy) is 1. The van der Waals surface area contributed by atoms with Crippen molar-refractivity contribution in [2.24, 2.45) is 0 Å². The van der Waals surface area contributed by atoms with Gasteiger partial charge in [0, 0.05) is 10.2 Å². The molecule has 0 saturated heterocycles. The van der Waals surface area contributed by atoms with Gasteiger partial charge in [0.25, 0.3) is 5.91 Å². The summed E-state index contributed by atoms with van der Waals surface area (Å²) in [6, 6.07) is 9.50. The van der Waals surface area contributed by atoms with Crippen molar-refractivity contribution in [2.45, 2.75) is 6.92 Å². The molecule has 0 radical (unpaired) electrons. The molecule has 0 atom stereocenters. The van der Waals surface area contributed by atoms with Crippen molar-refractivity contribution in [3.8, 4) is 5.75 Å². The van der Waals surface area contributed by atoms with Crippen molar-refractivity contribution in [1.29, 1.82) is 0 Å². The van der Waals surface area contributed by atoms with Gasteiger partial charge in [0.2, 0.25) is 0 Å². The number of amides is 1. The summed E-state index contributed by atoms with van der Waals surface area (Å²) in [5, 5.41) is 2.69. The predicted octanol–water partition coefficient (Wildman–Crippen LogP) is 4.16. The van der Waals surface area contributed by atoms with E-state index in [1.165, 1.54) is 12.1 Å². The maximum Gasteiger partial charge on any atom is 0.258 e. The lowest BCUT2D eigenvalue weighted by Gasteiger charge is -2.10. The summed E-state index contributed by atoms with van der Waals surface area (Å²) in [5.74, 6) is -0.344. The average Bonchev–Trinajstić information content (AvgIpc) is 2.43. The Morgan fingerprint density at radius 2 is 2.00 bits per heavy atom. The van der Waals surface area contributed by atoms with Crippen molar-refractivity contribution in [3.63, 3.8) is 0 Å². The fourth-order valence-corrected chi connectivity index (χ4v) is 2.13. The number of carbonyl (C=O) groups excluding carboxylic acids is 1. The van der Waals surface area contributed by atoms with E-state index in [1.807, 2.05) is 6.92 Å². The van der Waals surface area contributed by atoms with Gasteiger partial charge in [-0.05, 0) is 48.9 Å². The van der Waals surface area contributed by atoms with Crippen LogP contribution in [0.1, 0.15) is 15.9 Å². The number of anilines is 1. The number of methoxy groups -OCH3 is 1. The van der Waals surface area contributed by atoms with Crippen LogP contribution in [0.5, 0.6) is 5.75 Å². The number of hydrogen-bond donors (Lipinski definition) is 1. The molecule has 2 aromatic rings. The maximum atomic E-state index is 13.6. The van der Waals surface area contributed by atoms with Crippen molar-refractivity contribution in [3.05, 3.63) is 57.8 Å². The Hall–Kier alpha value is -1.88. The average molecular weight is 338 g/mol. The minimum Gasteiger partial charge on any atom is -0.497 e. The molecule has 0 saturated carbocycles. The van der Waals surface area contributed by atoms with E-state index >= 15 is 0 Å². The van der Waals surface area contributed by atoms with Crippen LogP contribution in [0.2, 0.25) is 0 Å². The second-order valence-corrected chi connectivity index (χ2v) is 5.17. The molecule has 0 aromatic heterocycles. The van der Waals surface area contributed by atoms with Gasteiger partial charge in [0.1, 0.15) is 11.6 Å². The molecule has 0 aliphatic heterocycles. The number of nitrogens with one attached hydrogen (secondary N) is 1. The van der Waals surface area contributed by atoms with Gasteiger partial charge in [-0.3, -0.25) is 4.79 Å². The van der Waals surface area contributed by atoms with E-state index in [0.29, 0.717) is 15.9 Å². The molecule has 0 fully saturated rings. The fraction of sp³-hybridized carbons (Fsp3) is 0.133.